The molecule has 0 saturated carbocycles. The van der Waals surface area contributed by atoms with Crippen molar-refractivity contribution in [3.63, 3.8) is 0 Å². The van der Waals surface area contributed by atoms with E-state index in [0.717, 1.165) is 18.2 Å². The zero-order valence-corrected chi connectivity index (χ0v) is 21.9. The molecule has 2 atom stereocenters. The summed E-state index contributed by atoms with van der Waals surface area (Å²) in [6.07, 6.45) is -5.30. The summed E-state index contributed by atoms with van der Waals surface area (Å²) in [6, 6.07) is 8.49. The Morgan fingerprint density at radius 1 is 1.20 bits per heavy atom. The van der Waals surface area contributed by atoms with E-state index in [9.17, 15) is 31.9 Å². The first-order valence-electron chi connectivity index (χ1n) is 12.0. The highest BCUT2D eigenvalue weighted by Crippen LogP contribution is 2.46. The molecule has 0 saturated heterocycles. The van der Waals surface area contributed by atoms with Gasteiger partial charge in [-0.05, 0) is 49.4 Å². The lowest BCUT2D eigenvalue weighted by Crippen LogP contribution is -2.51. The normalized spacial score (nSPS) is 16.4. The minimum Gasteiger partial charge on any atom is -0.494 e. The second-order valence-corrected chi connectivity index (χ2v) is 10.5. The smallest absolute Gasteiger partial charge is 0.424 e. The number of aliphatic hydroxyl groups is 1. The number of thiazole rings is 1. The van der Waals surface area contributed by atoms with E-state index in [1.807, 2.05) is 0 Å². The lowest BCUT2D eigenvalue weighted by atomic mass is 9.92. The Hall–Kier alpha value is -3.84. The fraction of sp³-hybridized carbons (Fsp3) is 0.296. The van der Waals surface area contributed by atoms with Crippen LogP contribution in [0.1, 0.15) is 32.5 Å². The number of nitrogens with one attached hydrogen (secondary N) is 1. The molecule has 4 aromatic rings. The van der Waals surface area contributed by atoms with E-state index < -0.39 is 48.3 Å². The van der Waals surface area contributed by atoms with Gasteiger partial charge in [-0.2, -0.15) is 13.2 Å². The van der Waals surface area contributed by atoms with Gasteiger partial charge in [0.2, 0.25) is 5.60 Å². The van der Waals surface area contributed by atoms with Crippen molar-refractivity contribution in [3.05, 3.63) is 70.1 Å². The summed E-state index contributed by atoms with van der Waals surface area (Å²) in [5.74, 6) is -2.08. The number of aromatic nitrogens is 2. The van der Waals surface area contributed by atoms with Gasteiger partial charge < -0.3 is 19.9 Å². The molecule has 0 unspecified atom stereocenters. The molecule has 1 amide bonds. The third-order valence-electron chi connectivity index (χ3n) is 6.62. The predicted molar refractivity (Wildman–Crippen MR) is 137 cm³/mol. The van der Waals surface area contributed by atoms with E-state index in [1.165, 1.54) is 42.7 Å². The Morgan fingerprint density at radius 3 is 2.58 bits per heavy atom. The van der Waals surface area contributed by atoms with E-state index in [4.69, 9.17) is 9.47 Å². The number of alkyl halides is 4. The van der Waals surface area contributed by atoms with E-state index in [2.05, 4.69) is 15.3 Å². The van der Waals surface area contributed by atoms with E-state index in [1.54, 1.807) is 6.92 Å². The number of carbonyl (C=O) groups excluding carboxylic acids is 1. The van der Waals surface area contributed by atoms with Crippen LogP contribution in [0.5, 0.6) is 11.5 Å². The molecule has 7 nitrogen and oxygen atoms in total. The second kappa shape index (κ2) is 10.3. The van der Waals surface area contributed by atoms with Crippen LogP contribution >= 0.6 is 11.3 Å². The molecule has 2 aromatic carbocycles. The van der Waals surface area contributed by atoms with Crippen molar-refractivity contribution in [2.75, 3.05) is 26.9 Å². The molecule has 40 heavy (non-hydrogen) atoms. The molecule has 5 rings (SSSR count). The Labute approximate surface area is 228 Å². The third kappa shape index (κ3) is 4.83. The molecule has 0 spiro atoms. The lowest BCUT2D eigenvalue weighted by Gasteiger charge is -2.31. The van der Waals surface area contributed by atoms with Crippen molar-refractivity contribution in [1.82, 2.24) is 15.3 Å². The van der Waals surface area contributed by atoms with Crippen molar-refractivity contribution >= 4 is 27.5 Å². The first-order chi connectivity index (χ1) is 18.9. The maximum Gasteiger partial charge on any atom is 0.424 e. The monoisotopic (exact) mass is 579 g/mol. The molecular weight excluding hydrogens is 557 g/mol. The summed E-state index contributed by atoms with van der Waals surface area (Å²) >= 11 is 1.28. The zero-order chi connectivity index (χ0) is 28.8. The lowest BCUT2D eigenvalue weighted by molar-refractivity contribution is -0.265. The highest BCUT2D eigenvalue weighted by molar-refractivity contribution is 7.18. The van der Waals surface area contributed by atoms with Crippen LogP contribution in [0.3, 0.4) is 0 Å². The quantitative estimate of drug-likeness (QED) is 0.284. The van der Waals surface area contributed by atoms with E-state index >= 15 is 0 Å². The van der Waals surface area contributed by atoms with E-state index in [-0.39, 0.29) is 40.5 Å². The fourth-order valence-corrected chi connectivity index (χ4v) is 5.35. The summed E-state index contributed by atoms with van der Waals surface area (Å²) in [6.45, 7) is -0.613. The van der Waals surface area contributed by atoms with Gasteiger partial charge in [-0.25, -0.2) is 14.4 Å². The molecular formula is C27H22F5N3O4S. The molecule has 0 aliphatic carbocycles. The molecule has 1 aliphatic heterocycles. The topological polar surface area (TPSA) is 93.6 Å². The first-order valence-corrected chi connectivity index (χ1v) is 12.8. The molecule has 3 heterocycles. The predicted octanol–water partition coefficient (Wildman–Crippen LogP) is 5.44. The number of benzene rings is 2. The number of hydrogen-bond donors (Lipinski definition) is 2. The highest BCUT2D eigenvalue weighted by Gasteiger charge is 2.57. The Balaban J connectivity index is 1.54. The number of fused-ring (bicyclic) bond motifs is 2. The fourth-order valence-electron chi connectivity index (χ4n) is 4.47. The molecule has 1 aliphatic rings. The summed E-state index contributed by atoms with van der Waals surface area (Å²) in [7, 11) is 1.38. The van der Waals surface area contributed by atoms with Gasteiger partial charge in [0.25, 0.3) is 5.91 Å². The molecule has 0 fully saturated rings. The molecule has 0 bridgehead atoms. The van der Waals surface area contributed by atoms with Crippen LogP contribution in [0.2, 0.25) is 0 Å². The van der Waals surface area contributed by atoms with Crippen LogP contribution in [0.25, 0.3) is 21.5 Å². The van der Waals surface area contributed by atoms with Crippen LogP contribution in [0.4, 0.5) is 22.0 Å². The van der Waals surface area contributed by atoms with Crippen LogP contribution in [-0.2, 0) is 5.60 Å². The van der Waals surface area contributed by atoms with E-state index in [0.29, 0.717) is 15.2 Å². The Bertz CT molecular complexity index is 1590. The molecule has 2 N–H and O–H groups in total. The number of halogens is 5. The van der Waals surface area contributed by atoms with Crippen molar-refractivity contribution in [2.24, 2.45) is 0 Å². The average Bonchev–Trinajstić information content (AvgIpc) is 3.52. The number of amides is 1. The van der Waals surface area contributed by atoms with Gasteiger partial charge >= 0.3 is 6.18 Å². The number of carbonyl (C=O) groups is 1. The number of methoxy groups -OCH3 is 1. The molecule has 13 heteroatoms. The van der Waals surface area contributed by atoms with Crippen LogP contribution < -0.4 is 14.8 Å². The SMILES string of the molecule is COc1cc(C(=O)NC[C@](O)(c2cc3c(c(-c4ccc(F)cc4)n2)OC[C@H]3CF)C(F)(F)F)cc2sc(C)nc12. The standard InChI is InChI=1S/C27H22F5N3O4S/c1-13-34-23-19(38-2)7-15(8-20(23)40-13)25(36)33-12-26(37,27(30,31)32)21-9-18-16(10-28)11-39-24(18)22(35-21)14-3-5-17(29)6-4-14/h3-9,16,37H,10-12H2,1-2H3,(H,33,36)/t16-,26+/m1/s1. The van der Waals surface area contributed by atoms with Gasteiger partial charge in [0, 0.05) is 16.7 Å². The largest absolute Gasteiger partial charge is 0.494 e. The summed E-state index contributed by atoms with van der Waals surface area (Å²) in [5.41, 5.74) is -3.86. The van der Waals surface area contributed by atoms with Gasteiger partial charge in [0.15, 0.2) is 0 Å². The number of nitrogens with zero attached hydrogens (tertiary/aromatic N) is 2. The molecule has 0 radical (unpaired) electrons. The highest BCUT2D eigenvalue weighted by atomic mass is 32.1. The number of hydrogen-bond acceptors (Lipinski definition) is 7. The first kappa shape index (κ1) is 27.7. The van der Waals surface area contributed by atoms with Gasteiger partial charge in [-0.1, -0.05) is 0 Å². The average molecular weight is 580 g/mol. The van der Waals surface area contributed by atoms with Gasteiger partial charge in [-0.15, -0.1) is 11.3 Å². The zero-order valence-electron chi connectivity index (χ0n) is 21.1. The van der Waals surface area contributed by atoms with Gasteiger partial charge in [0.1, 0.15) is 28.5 Å². The summed E-state index contributed by atoms with van der Waals surface area (Å²) < 4.78 is 82.1. The second-order valence-electron chi connectivity index (χ2n) is 9.24. The Morgan fingerprint density at radius 2 is 1.93 bits per heavy atom. The van der Waals surface area contributed by atoms with Crippen LogP contribution in [-0.4, -0.2) is 54.1 Å². The van der Waals surface area contributed by atoms with Crippen molar-refractivity contribution in [2.45, 2.75) is 24.6 Å². The van der Waals surface area contributed by atoms with Crippen molar-refractivity contribution in [1.29, 1.82) is 0 Å². The van der Waals surface area contributed by atoms with Crippen molar-refractivity contribution in [3.8, 4) is 22.8 Å². The van der Waals surface area contributed by atoms with Crippen LogP contribution in [0, 0.1) is 12.7 Å². The summed E-state index contributed by atoms with van der Waals surface area (Å²) in [5, 5.41) is 13.9. The van der Waals surface area contributed by atoms with Gasteiger partial charge in [-0.3, -0.25) is 9.18 Å². The van der Waals surface area contributed by atoms with Crippen LogP contribution in [0.15, 0.2) is 42.5 Å². The minimum atomic E-state index is -5.30. The Kier molecular flexibility index (Phi) is 7.13. The third-order valence-corrected chi connectivity index (χ3v) is 7.54. The number of pyridine rings is 1. The molecule has 2 aromatic heterocycles. The van der Waals surface area contributed by atoms with Crippen molar-refractivity contribution < 1.29 is 41.3 Å². The molecule has 210 valence electrons. The maximum absolute atomic E-state index is 14.5. The minimum absolute atomic E-state index is 0.00247. The number of ether oxygens (including phenoxy) is 2. The van der Waals surface area contributed by atoms with Gasteiger partial charge in [0.05, 0.1) is 48.3 Å². The number of rotatable bonds is 7. The number of aryl methyl sites for hydroxylation is 1. The maximum atomic E-state index is 14.5. The summed E-state index contributed by atoms with van der Waals surface area (Å²) in [4.78, 5) is 21.4.